The smallest absolute Gasteiger partial charge is 0.197 e. The standard InChI is InChI=1S/C19H12ClFN4O3S3/c1-10-18(30-19(20)24-10)31(27,28)9-15(26)13-3-2-4-14(25-13)16-8-23-17(29-16)11-5-12(21)7-22-6-11/h2-8H,9H2,1H3. The highest BCUT2D eigenvalue weighted by atomic mass is 35.5. The first-order valence-corrected chi connectivity index (χ1v) is 12.3. The number of aryl methyl sites for hydroxylation is 1. The van der Waals surface area contributed by atoms with E-state index in [2.05, 4.69) is 19.9 Å². The van der Waals surface area contributed by atoms with Gasteiger partial charge in [-0.1, -0.05) is 29.0 Å². The lowest BCUT2D eigenvalue weighted by Gasteiger charge is -2.04. The molecule has 0 aromatic carbocycles. The van der Waals surface area contributed by atoms with Gasteiger partial charge in [0.1, 0.15) is 26.5 Å². The topological polar surface area (TPSA) is 103 Å². The van der Waals surface area contributed by atoms with Crippen molar-refractivity contribution >= 4 is 49.9 Å². The van der Waals surface area contributed by atoms with Crippen LogP contribution in [0, 0.1) is 12.7 Å². The Kier molecular flexibility index (Phi) is 5.93. The predicted octanol–water partition coefficient (Wildman–Crippen LogP) is 4.48. The number of hydrogen-bond acceptors (Lipinski definition) is 9. The van der Waals surface area contributed by atoms with Crippen molar-refractivity contribution in [3.8, 4) is 21.1 Å². The summed E-state index contributed by atoms with van der Waals surface area (Å²) in [6.45, 7) is 1.52. The highest BCUT2D eigenvalue weighted by molar-refractivity contribution is 7.94. The molecular formula is C19H12ClFN4O3S3. The van der Waals surface area contributed by atoms with Crippen LogP contribution in [0.4, 0.5) is 4.39 Å². The van der Waals surface area contributed by atoms with Crippen molar-refractivity contribution in [3.63, 3.8) is 0 Å². The molecular weight excluding hydrogens is 483 g/mol. The van der Waals surface area contributed by atoms with Crippen LogP contribution in [0.15, 0.2) is 47.1 Å². The van der Waals surface area contributed by atoms with Crippen LogP contribution >= 0.6 is 34.3 Å². The number of ketones is 1. The summed E-state index contributed by atoms with van der Waals surface area (Å²) in [5.74, 6) is -1.87. The Hall–Kier alpha value is -2.60. The van der Waals surface area contributed by atoms with Gasteiger partial charge in [0, 0.05) is 18.0 Å². The Morgan fingerprint density at radius 3 is 2.68 bits per heavy atom. The molecule has 12 heteroatoms. The van der Waals surface area contributed by atoms with Crippen molar-refractivity contribution < 1.29 is 17.6 Å². The van der Waals surface area contributed by atoms with Gasteiger partial charge in [0.2, 0.25) is 0 Å². The summed E-state index contributed by atoms with van der Waals surface area (Å²) in [5, 5.41) is 0.542. The molecule has 0 aliphatic heterocycles. The number of carbonyl (C=O) groups is 1. The van der Waals surface area contributed by atoms with Crippen molar-refractivity contribution in [3.05, 3.63) is 64.5 Å². The number of thiazole rings is 2. The van der Waals surface area contributed by atoms with Crippen LogP contribution in [0.1, 0.15) is 16.2 Å². The molecule has 4 rings (SSSR count). The van der Waals surface area contributed by atoms with Gasteiger partial charge in [-0.25, -0.2) is 27.8 Å². The molecule has 0 amide bonds. The number of aromatic nitrogens is 4. The summed E-state index contributed by atoms with van der Waals surface area (Å²) in [5.41, 5.74) is 1.24. The van der Waals surface area contributed by atoms with E-state index in [-0.39, 0.29) is 20.1 Å². The molecule has 7 nitrogen and oxygen atoms in total. The second kappa shape index (κ2) is 8.50. The number of halogens is 2. The first-order valence-electron chi connectivity index (χ1n) is 8.66. The number of pyridine rings is 2. The molecule has 0 atom stereocenters. The Bertz CT molecular complexity index is 1400. The van der Waals surface area contributed by atoms with Crippen molar-refractivity contribution in [2.45, 2.75) is 11.1 Å². The predicted molar refractivity (Wildman–Crippen MR) is 117 cm³/mol. The van der Waals surface area contributed by atoms with Crippen LogP contribution in [0.5, 0.6) is 0 Å². The SMILES string of the molecule is Cc1nc(Cl)sc1S(=O)(=O)CC(=O)c1cccc(-c2cnc(-c3cncc(F)c3)s2)n1. The highest BCUT2D eigenvalue weighted by Crippen LogP contribution is 2.31. The van der Waals surface area contributed by atoms with Gasteiger partial charge in [-0.05, 0) is 25.1 Å². The average molecular weight is 495 g/mol. The zero-order valence-corrected chi connectivity index (χ0v) is 18.9. The normalized spacial score (nSPS) is 11.6. The molecule has 4 aromatic heterocycles. The van der Waals surface area contributed by atoms with E-state index in [0.717, 1.165) is 17.5 Å². The minimum absolute atomic E-state index is 0.0108. The molecule has 0 N–H and O–H groups in total. The molecule has 0 spiro atoms. The molecule has 0 saturated carbocycles. The van der Waals surface area contributed by atoms with Crippen LogP contribution in [0.2, 0.25) is 4.47 Å². The van der Waals surface area contributed by atoms with Gasteiger partial charge in [-0.2, -0.15) is 0 Å². The van der Waals surface area contributed by atoms with Crippen LogP contribution in [-0.2, 0) is 9.84 Å². The van der Waals surface area contributed by atoms with E-state index in [9.17, 15) is 17.6 Å². The quantitative estimate of drug-likeness (QED) is 0.364. The average Bonchev–Trinajstić information content (AvgIpc) is 3.35. The second-order valence-electron chi connectivity index (χ2n) is 6.35. The van der Waals surface area contributed by atoms with E-state index in [4.69, 9.17) is 11.6 Å². The summed E-state index contributed by atoms with van der Waals surface area (Å²) in [6, 6.07) is 6.06. The Morgan fingerprint density at radius 1 is 1.16 bits per heavy atom. The third-order valence-corrected chi connectivity index (χ3v) is 8.72. The zero-order valence-electron chi connectivity index (χ0n) is 15.7. The van der Waals surface area contributed by atoms with Crippen molar-refractivity contribution in [2.24, 2.45) is 0 Å². The number of nitrogens with zero attached hydrogens (tertiary/aromatic N) is 4. The third-order valence-electron chi connectivity index (χ3n) is 4.08. The highest BCUT2D eigenvalue weighted by Gasteiger charge is 2.26. The lowest BCUT2D eigenvalue weighted by molar-refractivity contribution is 0.101. The molecule has 158 valence electrons. The van der Waals surface area contributed by atoms with Crippen LogP contribution in [0.3, 0.4) is 0 Å². The van der Waals surface area contributed by atoms with Gasteiger partial charge in [0.05, 0.1) is 22.5 Å². The minimum Gasteiger partial charge on any atom is -0.291 e. The van der Waals surface area contributed by atoms with E-state index in [1.807, 2.05) is 0 Å². The van der Waals surface area contributed by atoms with Crippen molar-refractivity contribution in [2.75, 3.05) is 5.75 Å². The molecule has 4 heterocycles. The summed E-state index contributed by atoms with van der Waals surface area (Å²) in [6.07, 6.45) is 4.16. The fourth-order valence-electron chi connectivity index (χ4n) is 2.73. The fourth-order valence-corrected chi connectivity index (χ4v) is 6.67. The van der Waals surface area contributed by atoms with Gasteiger partial charge in [-0.15, -0.1) is 11.3 Å². The van der Waals surface area contributed by atoms with Gasteiger partial charge in [0.15, 0.2) is 20.1 Å². The van der Waals surface area contributed by atoms with Crippen LogP contribution in [-0.4, -0.2) is 39.9 Å². The maximum absolute atomic E-state index is 13.4. The maximum Gasteiger partial charge on any atom is 0.197 e. The van der Waals surface area contributed by atoms with E-state index < -0.39 is 27.2 Å². The summed E-state index contributed by atoms with van der Waals surface area (Å²) in [4.78, 5) is 29.5. The molecule has 0 unspecified atom stereocenters. The number of carbonyl (C=O) groups excluding carboxylic acids is 1. The maximum atomic E-state index is 13.4. The lowest BCUT2D eigenvalue weighted by atomic mass is 10.2. The van der Waals surface area contributed by atoms with Crippen molar-refractivity contribution in [1.82, 2.24) is 19.9 Å². The largest absolute Gasteiger partial charge is 0.291 e. The lowest BCUT2D eigenvalue weighted by Crippen LogP contribution is -2.17. The number of hydrogen-bond donors (Lipinski definition) is 0. The van der Waals surface area contributed by atoms with E-state index >= 15 is 0 Å². The number of rotatable bonds is 6. The monoisotopic (exact) mass is 494 g/mol. The molecule has 0 bridgehead atoms. The summed E-state index contributed by atoms with van der Waals surface area (Å²) in [7, 11) is -3.90. The fraction of sp³-hybridized carbons (Fsp3) is 0.105. The second-order valence-corrected chi connectivity index (χ2v) is 11.1. The van der Waals surface area contributed by atoms with Gasteiger partial charge in [-0.3, -0.25) is 9.78 Å². The molecule has 31 heavy (non-hydrogen) atoms. The van der Waals surface area contributed by atoms with E-state index in [1.54, 1.807) is 18.3 Å². The van der Waals surface area contributed by atoms with Gasteiger partial charge >= 0.3 is 0 Å². The van der Waals surface area contributed by atoms with Crippen molar-refractivity contribution in [1.29, 1.82) is 0 Å². The van der Waals surface area contributed by atoms with E-state index in [1.165, 1.54) is 36.6 Å². The summed E-state index contributed by atoms with van der Waals surface area (Å²) >= 11 is 7.85. The first kappa shape index (κ1) is 21.6. The van der Waals surface area contributed by atoms with Crippen LogP contribution < -0.4 is 0 Å². The molecule has 4 aromatic rings. The Labute approximate surface area is 189 Å². The Balaban J connectivity index is 1.59. The Morgan fingerprint density at radius 2 is 1.97 bits per heavy atom. The van der Waals surface area contributed by atoms with E-state index in [0.29, 0.717) is 21.1 Å². The van der Waals surface area contributed by atoms with Gasteiger partial charge < -0.3 is 0 Å². The zero-order chi connectivity index (χ0) is 22.2. The molecule has 0 aliphatic rings. The van der Waals surface area contributed by atoms with Crippen LogP contribution in [0.25, 0.3) is 21.1 Å². The molecule has 0 radical (unpaired) electrons. The minimum atomic E-state index is -3.90. The molecule has 0 fully saturated rings. The third kappa shape index (κ3) is 4.69. The number of Topliss-reactive ketones (excluding diaryl/α,β-unsaturated/α-hetero) is 1. The summed E-state index contributed by atoms with van der Waals surface area (Å²) < 4.78 is 38.7. The molecule has 0 saturated heterocycles. The van der Waals surface area contributed by atoms with Gasteiger partial charge in [0.25, 0.3) is 0 Å². The first-order chi connectivity index (χ1) is 14.7. The number of sulfone groups is 1. The molecule has 0 aliphatic carbocycles.